The first-order chi connectivity index (χ1) is 12.4. The Kier molecular flexibility index (Phi) is 4.19. The maximum atomic E-state index is 11.2. The van der Waals surface area contributed by atoms with Crippen LogP contribution in [0, 0.1) is 0 Å². The molecule has 0 aliphatic heterocycles. The molecule has 11 nitrogen and oxygen atoms in total. The summed E-state index contributed by atoms with van der Waals surface area (Å²) in [4.78, 5) is 30.4. The molecule has 2 aromatic heterocycles. The van der Waals surface area contributed by atoms with E-state index in [2.05, 4.69) is 30.4 Å². The summed E-state index contributed by atoms with van der Waals surface area (Å²) in [6, 6.07) is 5.93. The number of aromatic carboxylic acids is 1. The lowest BCUT2D eigenvalue weighted by Gasteiger charge is -2.09. The molecule has 0 amide bonds. The van der Waals surface area contributed by atoms with Gasteiger partial charge >= 0.3 is 5.97 Å². The lowest BCUT2D eigenvalue weighted by atomic mass is 10.1. The van der Waals surface area contributed by atoms with Gasteiger partial charge in [-0.3, -0.25) is 4.79 Å². The number of anilines is 2. The first-order valence-corrected chi connectivity index (χ1v) is 7.22. The SMILES string of the molecule is CC(=O)c1nnc(-c2nc(N)c(-c3ccc(C(=O)O)cc3)nc2N)nn1. The van der Waals surface area contributed by atoms with Crippen LogP contribution in [0.4, 0.5) is 11.6 Å². The molecule has 130 valence electrons. The van der Waals surface area contributed by atoms with Crippen LogP contribution in [-0.2, 0) is 0 Å². The normalized spacial score (nSPS) is 10.5. The van der Waals surface area contributed by atoms with Gasteiger partial charge in [0.05, 0.1) is 5.56 Å². The Balaban J connectivity index is 2.00. The minimum atomic E-state index is -1.04. The molecule has 0 saturated heterocycles. The van der Waals surface area contributed by atoms with E-state index in [1.807, 2.05) is 0 Å². The van der Waals surface area contributed by atoms with Crippen molar-refractivity contribution >= 4 is 23.4 Å². The number of hydrogen-bond donors (Lipinski definition) is 3. The summed E-state index contributed by atoms with van der Waals surface area (Å²) >= 11 is 0. The molecular formula is C15H12N8O3. The number of benzene rings is 1. The van der Waals surface area contributed by atoms with Crippen LogP contribution < -0.4 is 11.5 Å². The van der Waals surface area contributed by atoms with Crippen molar-refractivity contribution in [1.82, 2.24) is 30.4 Å². The largest absolute Gasteiger partial charge is 0.478 e. The Hall–Kier alpha value is -4.02. The predicted octanol–water partition coefficient (Wildman–Crippen LogP) is 0.456. The quantitative estimate of drug-likeness (QED) is 0.554. The number of carbonyl (C=O) groups is 2. The second-order valence-corrected chi connectivity index (χ2v) is 5.18. The Bertz CT molecular complexity index is 919. The molecule has 0 saturated carbocycles. The first kappa shape index (κ1) is 16.8. The van der Waals surface area contributed by atoms with Crippen molar-refractivity contribution in [2.45, 2.75) is 6.92 Å². The van der Waals surface area contributed by atoms with E-state index in [0.717, 1.165) is 0 Å². The fourth-order valence-electron chi connectivity index (χ4n) is 2.07. The third-order valence-electron chi connectivity index (χ3n) is 3.36. The number of hydrogen-bond acceptors (Lipinski definition) is 10. The summed E-state index contributed by atoms with van der Waals surface area (Å²) in [7, 11) is 0. The fourth-order valence-corrected chi connectivity index (χ4v) is 2.07. The van der Waals surface area contributed by atoms with Gasteiger partial charge in [-0.1, -0.05) is 12.1 Å². The van der Waals surface area contributed by atoms with Crippen LogP contribution in [-0.4, -0.2) is 47.2 Å². The predicted molar refractivity (Wildman–Crippen MR) is 89.9 cm³/mol. The molecule has 26 heavy (non-hydrogen) atoms. The van der Waals surface area contributed by atoms with Crippen molar-refractivity contribution < 1.29 is 14.7 Å². The van der Waals surface area contributed by atoms with Crippen LogP contribution in [0.5, 0.6) is 0 Å². The molecule has 0 radical (unpaired) electrons. The molecular weight excluding hydrogens is 340 g/mol. The molecule has 3 rings (SSSR count). The van der Waals surface area contributed by atoms with E-state index in [1.54, 1.807) is 12.1 Å². The van der Waals surface area contributed by atoms with Crippen molar-refractivity contribution in [3.05, 3.63) is 35.7 Å². The van der Waals surface area contributed by atoms with Gasteiger partial charge in [-0.25, -0.2) is 14.8 Å². The average molecular weight is 352 g/mol. The molecule has 0 fully saturated rings. The van der Waals surface area contributed by atoms with Crippen LogP contribution in [0.2, 0.25) is 0 Å². The summed E-state index contributed by atoms with van der Waals surface area (Å²) in [5.74, 6) is -1.57. The lowest BCUT2D eigenvalue weighted by molar-refractivity contribution is 0.0696. The van der Waals surface area contributed by atoms with Gasteiger partial charge in [-0.05, 0) is 12.1 Å². The van der Waals surface area contributed by atoms with Gasteiger partial charge in [0.15, 0.2) is 17.3 Å². The molecule has 0 bridgehead atoms. The highest BCUT2D eigenvalue weighted by Gasteiger charge is 2.17. The Morgan fingerprint density at radius 3 is 1.96 bits per heavy atom. The average Bonchev–Trinajstić information content (AvgIpc) is 2.63. The van der Waals surface area contributed by atoms with Gasteiger partial charge in [0.25, 0.3) is 0 Å². The van der Waals surface area contributed by atoms with Crippen LogP contribution >= 0.6 is 0 Å². The van der Waals surface area contributed by atoms with E-state index in [1.165, 1.54) is 19.1 Å². The molecule has 3 aromatic rings. The molecule has 1 aromatic carbocycles. The van der Waals surface area contributed by atoms with E-state index in [9.17, 15) is 9.59 Å². The number of nitrogen functional groups attached to an aromatic ring is 2. The van der Waals surface area contributed by atoms with Crippen molar-refractivity contribution in [2.75, 3.05) is 11.5 Å². The molecule has 11 heteroatoms. The van der Waals surface area contributed by atoms with E-state index >= 15 is 0 Å². The summed E-state index contributed by atoms with van der Waals surface area (Å²) in [5, 5.41) is 23.7. The van der Waals surface area contributed by atoms with Gasteiger partial charge in [0, 0.05) is 12.5 Å². The maximum absolute atomic E-state index is 11.2. The molecule has 5 N–H and O–H groups in total. The zero-order valence-corrected chi connectivity index (χ0v) is 13.4. The van der Waals surface area contributed by atoms with E-state index in [-0.39, 0.29) is 46.0 Å². The third-order valence-corrected chi connectivity index (χ3v) is 3.36. The van der Waals surface area contributed by atoms with Crippen molar-refractivity contribution in [3.63, 3.8) is 0 Å². The summed E-state index contributed by atoms with van der Waals surface area (Å²) in [6.45, 7) is 1.29. The second-order valence-electron chi connectivity index (χ2n) is 5.18. The molecule has 0 atom stereocenters. The molecule has 0 spiro atoms. The maximum Gasteiger partial charge on any atom is 0.335 e. The van der Waals surface area contributed by atoms with E-state index in [0.29, 0.717) is 5.56 Å². The molecule has 0 aliphatic rings. The Morgan fingerprint density at radius 2 is 1.42 bits per heavy atom. The molecule has 2 heterocycles. The summed E-state index contributed by atoms with van der Waals surface area (Å²) < 4.78 is 0. The van der Waals surface area contributed by atoms with Gasteiger partial charge in [-0.15, -0.1) is 20.4 Å². The van der Waals surface area contributed by atoms with Gasteiger partial charge in [0.2, 0.25) is 17.4 Å². The number of carboxylic acids is 1. The monoisotopic (exact) mass is 352 g/mol. The van der Waals surface area contributed by atoms with Gasteiger partial charge < -0.3 is 16.6 Å². The minimum absolute atomic E-state index is 0.0179. The number of nitrogens with two attached hydrogens (primary N) is 2. The standard InChI is InChI=1S/C15H12N8O3/c1-6(24)13-20-22-14(23-21-13)10-12(17)18-9(11(16)19-10)7-2-4-8(5-3-7)15(25)26/h2-5H,1H3,(H2,16,19)(H2,17,18)(H,25,26). The number of aromatic nitrogens is 6. The van der Waals surface area contributed by atoms with E-state index in [4.69, 9.17) is 16.6 Å². The number of nitrogens with zero attached hydrogens (tertiary/aromatic N) is 6. The van der Waals surface area contributed by atoms with Gasteiger partial charge in [0.1, 0.15) is 5.69 Å². The van der Waals surface area contributed by atoms with Crippen LogP contribution in [0.15, 0.2) is 24.3 Å². The first-order valence-electron chi connectivity index (χ1n) is 7.22. The molecule has 0 unspecified atom stereocenters. The van der Waals surface area contributed by atoms with Crippen LogP contribution in [0.25, 0.3) is 22.8 Å². The van der Waals surface area contributed by atoms with Gasteiger partial charge in [-0.2, -0.15) is 0 Å². The third kappa shape index (κ3) is 3.13. The highest BCUT2D eigenvalue weighted by Crippen LogP contribution is 2.28. The summed E-state index contributed by atoms with van der Waals surface area (Å²) in [6.07, 6.45) is 0. The highest BCUT2D eigenvalue weighted by molar-refractivity contribution is 5.90. The van der Waals surface area contributed by atoms with Crippen molar-refractivity contribution in [1.29, 1.82) is 0 Å². The van der Waals surface area contributed by atoms with E-state index < -0.39 is 5.97 Å². The zero-order valence-electron chi connectivity index (χ0n) is 13.4. The Labute approximate surface area is 146 Å². The zero-order chi connectivity index (χ0) is 18.8. The Morgan fingerprint density at radius 1 is 0.885 bits per heavy atom. The molecule has 0 aliphatic carbocycles. The lowest BCUT2D eigenvalue weighted by Crippen LogP contribution is -2.10. The van der Waals surface area contributed by atoms with Crippen LogP contribution in [0.3, 0.4) is 0 Å². The number of carboxylic acid groups (broad SMARTS) is 1. The number of ketones is 1. The summed E-state index contributed by atoms with van der Waals surface area (Å²) in [5.41, 5.74) is 12.9. The number of Topliss-reactive ketones (excluding diaryl/α,β-unsaturated/α-hetero) is 1. The highest BCUT2D eigenvalue weighted by atomic mass is 16.4. The second kappa shape index (κ2) is 6.47. The van der Waals surface area contributed by atoms with Crippen molar-refractivity contribution in [3.8, 4) is 22.8 Å². The smallest absolute Gasteiger partial charge is 0.335 e. The van der Waals surface area contributed by atoms with Crippen molar-refractivity contribution in [2.24, 2.45) is 0 Å². The topological polar surface area (TPSA) is 184 Å². The van der Waals surface area contributed by atoms with Crippen LogP contribution in [0.1, 0.15) is 27.9 Å². The number of rotatable bonds is 4. The minimum Gasteiger partial charge on any atom is -0.478 e. The number of carbonyl (C=O) groups excluding carboxylic acids is 1. The fraction of sp³-hybridized carbons (Fsp3) is 0.0667.